The Bertz CT molecular complexity index is 545. The number of hydrogen-bond acceptors (Lipinski definition) is 3. The first kappa shape index (κ1) is 14.1. The summed E-state index contributed by atoms with van der Waals surface area (Å²) < 4.78 is 5.44. The normalized spacial score (nSPS) is 11.0. The number of nitrogens with one attached hydrogen (secondary N) is 1. The number of hydrogen-bond donors (Lipinski definition) is 1. The van der Waals surface area contributed by atoms with Crippen molar-refractivity contribution >= 4 is 11.3 Å². The van der Waals surface area contributed by atoms with Gasteiger partial charge >= 0.3 is 0 Å². The lowest BCUT2D eigenvalue weighted by atomic mass is 10.0. The second kappa shape index (κ2) is 6.22. The molecule has 19 heavy (non-hydrogen) atoms. The number of aryl methyl sites for hydroxylation is 1. The van der Waals surface area contributed by atoms with Crippen LogP contribution in [0.3, 0.4) is 0 Å². The van der Waals surface area contributed by atoms with E-state index < -0.39 is 0 Å². The Balaban J connectivity index is 2.29. The molecule has 0 fully saturated rings. The third-order valence-electron chi connectivity index (χ3n) is 3.05. The van der Waals surface area contributed by atoms with Crippen LogP contribution in [0, 0.1) is 6.92 Å². The van der Waals surface area contributed by atoms with Crippen LogP contribution in [0.25, 0.3) is 11.1 Å². The summed E-state index contributed by atoms with van der Waals surface area (Å²) >= 11 is 1.79. The predicted octanol–water partition coefficient (Wildman–Crippen LogP) is 4.23. The average Bonchev–Trinajstić information content (AvgIpc) is 2.82. The van der Waals surface area contributed by atoms with Crippen LogP contribution in [0.15, 0.2) is 29.6 Å². The maximum Gasteiger partial charge on any atom is 0.123 e. The van der Waals surface area contributed by atoms with Crippen molar-refractivity contribution in [1.29, 1.82) is 0 Å². The zero-order valence-electron chi connectivity index (χ0n) is 12.0. The summed E-state index contributed by atoms with van der Waals surface area (Å²) in [6.45, 7) is 7.27. The minimum atomic E-state index is 0.469. The number of ether oxygens (including phenoxy) is 1. The highest BCUT2D eigenvalue weighted by Gasteiger charge is 2.07. The van der Waals surface area contributed by atoms with Crippen LogP contribution in [0.5, 0.6) is 5.75 Å². The van der Waals surface area contributed by atoms with Gasteiger partial charge in [-0.1, -0.05) is 19.9 Å². The molecule has 0 radical (unpaired) electrons. The highest BCUT2D eigenvalue weighted by Crippen LogP contribution is 2.29. The van der Waals surface area contributed by atoms with Gasteiger partial charge in [-0.25, -0.2) is 0 Å². The first-order chi connectivity index (χ1) is 9.10. The number of benzene rings is 1. The zero-order valence-corrected chi connectivity index (χ0v) is 12.8. The van der Waals surface area contributed by atoms with Gasteiger partial charge in [0, 0.05) is 23.0 Å². The SMILES string of the molecule is COc1ccc(-c2csc(C)c2)cc1CNC(C)C. The Kier molecular flexibility index (Phi) is 4.61. The van der Waals surface area contributed by atoms with Crippen LogP contribution in [-0.2, 0) is 6.54 Å². The second-order valence-electron chi connectivity index (χ2n) is 5.01. The van der Waals surface area contributed by atoms with Gasteiger partial charge in [-0.15, -0.1) is 11.3 Å². The second-order valence-corrected chi connectivity index (χ2v) is 6.12. The molecule has 0 saturated heterocycles. The van der Waals surface area contributed by atoms with Crippen LogP contribution < -0.4 is 10.1 Å². The molecular weight excluding hydrogens is 254 g/mol. The fraction of sp³-hybridized carbons (Fsp3) is 0.375. The summed E-state index contributed by atoms with van der Waals surface area (Å²) in [6.07, 6.45) is 0. The molecule has 2 nitrogen and oxygen atoms in total. The van der Waals surface area contributed by atoms with E-state index in [9.17, 15) is 0 Å². The Morgan fingerprint density at radius 3 is 2.58 bits per heavy atom. The molecule has 1 aromatic heterocycles. The zero-order chi connectivity index (χ0) is 13.8. The molecule has 0 bridgehead atoms. The highest BCUT2D eigenvalue weighted by atomic mass is 32.1. The summed E-state index contributed by atoms with van der Waals surface area (Å²) in [4.78, 5) is 1.34. The van der Waals surface area contributed by atoms with Crippen LogP contribution in [0.2, 0.25) is 0 Å². The molecule has 2 aromatic rings. The van der Waals surface area contributed by atoms with Crippen molar-refractivity contribution in [2.45, 2.75) is 33.4 Å². The largest absolute Gasteiger partial charge is 0.496 e. The third kappa shape index (κ3) is 3.58. The van der Waals surface area contributed by atoms with E-state index in [1.165, 1.54) is 21.6 Å². The van der Waals surface area contributed by atoms with Gasteiger partial charge < -0.3 is 10.1 Å². The molecule has 0 unspecified atom stereocenters. The van der Waals surface area contributed by atoms with E-state index >= 15 is 0 Å². The molecule has 0 spiro atoms. The van der Waals surface area contributed by atoms with E-state index in [0.717, 1.165) is 12.3 Å². The molecule has 0 aliphatic rings. The minimum Gasteiger partial charge on any atom is -0.496 e. The van der Waals surface area contributed by atoms with Crippen LogP contribution in [-0.4, -0.2) is 13.2 Å². The quantitative estimate of drug-likeness (QED) is 0.881. The summed E-state index contributed by atoms with van der Waals surface area (Å²) in [5.41, 5.74) is 3.75. The first-order valence-electron chi connectivity index (χ1n) is 6.56. The Morgan fingerprint density at radius 2 is 2.00 bits per heavy atom. The number of rotatable bonds is 5. The van der Waals surface area contributed by atoms with E-state index in [4.69, 9.17) is 4.74 Å². The maximum atomic E-state index is 5.44. The van der Waals surface area contributed by atoms with Crippen molar-refractivity contribution in [2.24, 2.45) is 0 Å². The molecule has 2 rings (SSSR count). The van der Waals surface area contributed by atoms with Crippen LogP contribution in [0.4, 0.5) is 0 Å². The molecule has 0 aliphatic carbocycles. The van der Waals surface area contributed by atoms with Gasteiger partial charge in [0.15, 0.2) is 0 Å². The lowest BCUT2D eigenvalue weighted by Crippen LogP contribution is -2.22. The smallest absolute Gasteiger partial charge is 0.123 e. The lowest BCUT2D eigenvalue weighted by molar-refractivity contribution is 0.406. The summed E-state index contributed by atoms with van der Waals surface area (Å²) in [6, 6.07) is 9.09. The molecule has 0 amide bonds. The van der Waals surface area contributed by atoms with Gasteiger partial charge in [0.1, 0.15) is 5.75 Å². The molecule has 1 heterocycles. The van der Waals surface area contributed by atoms with E-state index in [1.807, 2.05) is 0 Å². The van der Waals surface area contributed by atoms with Crippen molar-refractivity contribution < 1.29 is 4.74 Å². The van der Waals surface area contributed by atoms with Crippen molar-refractivity contribution in [3.05, 3.63) is 40.1 Å². The average molecular weight is 275 g/mol. The first-order valence-corrected chi connectivity index (χ1v) is 7.44. The van der Waals surface area contributed by atoms with Crippen molar-refractivity contribution in [1.82, 2.24) is 5.32 Å². The molecule has 3 heteroatoms. The maximum absolute atomic E-state index is 5.44. The lowest BCUT2D eigenvalue weighted by Gasteiger charge is -2.13. The van der Waals surface area contributed by atoms with Gasteiger partial charge in [0.05, 0.1) is 7.11 Å². The topological polar surface area (TPSA) is 21.3 Å². The third-order valence-corrected chi connectivity index (χ3v) is 3.91. The molecule has 0 saturated carbocycles. The van der Waals surface area contributed by atoms with Crippen molar-refractivity contribution in [3.63, 3.8) is 0 Å². The molecule has 1 aromatic carbocycles. The monoisotopic (exact) mass is 275 g/mol. The summed E-state index contributed by atoms with van der Waals surface area (Å²) in [5.74, 6) is 0.948. The van der Waals surface area contributed by atoms with Crippen LogP contribution in [0.1, 0.15) is 24.3 Å². The van der Waals surface area contributed by atoms with Gasteiger partial charge in [-0.05, 0) is 41.6 Å². The molecule has 102 valence electrons. The fourth-order valence-electron chi connectivity index (χ4n) is 2.01. The summed E-state index contributed by atoms with van der Waals surface area (Å²) in [7, 11) is 1.72. The molecule has 0 atom stereocenters. The Hall–Kier alpha value is -1.32. The Morgan fingerprint density at radius 1 is 1.21 bits per heavy atom. The van der Waals surface area contributed by atoms with Gasteiger partial charge in [0.25, 0.3) is 0 Å². The fourth-order valence-corrected chi connectivity index (χ4v) is 2.72. The van der Waals surface area contributed by atoms with E-state index in [0.29, 0.717) is 6.04 Å². The predicted molar refractivity (Wildman–Crippen MR) is 83.0 cm³/mol. The van der Waals surface area contributed by atoms with E-state index in [2.05, 4.69) is 55.7 Å². The molecular formula is C16H21NOS. The molecule has 1 N–H and O–H groups in total. The van der Waals surface area contributed by atoms with Crippen molar-refractivity contribution in [2.75, 3.05) is 7.11 Å². The summed E-state index contributed by atoms with van der Waals surface area (Å²) in [5, 5.41) is 5.65. The highest BCUT2D eigenvalue weighted by molar-refractivity contribution is 7.10. The van der Waals surface area contributed by atoms with Gasteiger partial charge in [0.2, 0.25) is 0 Å². The van der Waals surface area contributed by atoms with E-state index in [1.54, 1.807) is 18.4 Å². The standard InChI is InChI=1S/C16H21NOS/c1-11(2)17-9-14-8-13(5-6-16(14)18-4)15-7-12(3)19-10-15/h5-8,10-11,17H,9H2,1-4H3. The molecule has 0 aliphatic heterocycles. The minimum absolute atomic E-state index is 0.469. The van der Waals surface area contributed by atoms with Crippen molar-refractivity contribution in [3.8, 4) is 16.9 Å². The number of thiophene rings is 1. The number of methoxy groups -OCH3 is 1. The van der Waals surface area contributed by atoms with Gasteiger partial charge in [-0.2, -0.15) is 0 Å². The Labute approximate surface area is 119 Å². The van der Waals surface area contributed by atoms with E-state index in [-0.39, 0.29) is 0 Å². The van der Waals surface area contributed by atoms with Crippen LogP contribution >= 0.6 is 11.3 Å². The van der Waals surface area contributed by atoms with Gasteiger partial charge in [-0.3, -0.25) is 0 Å².